The van der Waals surface area contributed by atoms with Gasteiger partial charge in [-0.25, -0.2) is 0 Å². The van der Waals surface area contributed by atoms with Gasteiger partial charge in [0.05, 0.1) is 6.04 Å². The highest BCUT2D eigenvalue weighted by Gasteiger charge is 2.11. The molecule has 4 nitrogen and oxygen atoms in total. The Morgan fingerprint density at radius 3 is 2.43 bits per heavy atom. The van der Waals surface area contributed by atoms with Crippen LogP contribution in [-0.4, -0.2) is 28.9 Å². The minimum absolute atomic E-state index is 0.0595. The standard InChI is InChI=1S/C19H25N3O/c1-4-22(5-2)14-16-8-10-17(11-9-16)19(23)21-15(3)18-7-6-12-20-13-18/h6-13,15H,4-5,14H2,1-3H3,(H,21,23). The molecule has 0 aliphatic rings. The van der Waals surface area contributed by atoms with Gasteiger partial charge in [0, 0.05) is 24.5 Å². The van der Waals surface area contributed by atoms with Gasteiger partial charge in [0.1, 0.15) is 0 Å². The summed E-state index contributed by atoms with van der Waals surface area (Å²) in [4.78, 5) is 18.8. The Balaban J connectivity index is 1.97. The van der Waals surface area contributed by atoms with Crippen molar-refractivity contribution in [2.75, 3.05) is 13.1 Å². The molecule has 122 valence electrons. The molecule has 2 rings (SSSR count). The number of benzene rings is 1. The number of hydrogen-bond acceptors (Lipinski definition) is 3. The smallest absolute Gasteiger partial charge is 0.251 e. The van der Waals surface area contributed by atoms with Gasteiger partial charge >= 0.3 is 0 Å². The first kappa shape index (κ1) is 17.2. The van der Waals surface area contributed by atoms with E-state index in [-0.39, 0.29) is 11.9 Å². The van der Waals surface area contributed by atoms with Crippen LogP contribution in [0.2, 0.25) is 0 Å². The Labute approximate surface area is 138 Å². The van der Waals surface area contributed by atoms with Gasteiger partial charge in [-0.15, -0.1) is 0 Å². The molecule has 23 heavy (non-hydrogen) atoms. The number of amides is 1. The topological polar surface area (TPSA) is 45.2 Å². The van der Waals surface area contributed by atoms with Crippen molar-refractivity contribution in [1.29, 1.82) is 0 Å². The van der Waals surface area contributed by atoms with Crippen molar-refractivity contribution in [3.05, 3.63) is 65.5 Å². The van der Waals surface area contributed by atoms with Crippen molar-refractivity contribution in [3.63, 3.8) is 0 Å². The second-order valence-corrected chi connectivity index (χ2v) is 5.64. The van der Waals surface area contributed by atoms with Crippen molar-refractivity contribution < 1.29 is 4.79 Å². The zero-order valence-corrected chi connectivity index (χ0v) is 14.1. The van der Waals surface area contributed by atoms with Crippen LogP contribution in [0.25, 0.3) is 0 Å². The average molecular weight is 311 g/mol. The summed E-state index contributed by atoms with van der Waals surface area (Å²) in [6, 6.07) is 11.6. The van der Waals surface area contributed by atoms with Crippen molar-refractivity contribution in [3.8, 4) is 0 Å². The highest BCUT2D eigenvalue weighted by molar-refractivity contribution is 5.94. The summed E-state index contributed by atoms with van der Waals surface area (Å²) in [5.74, 6) is -0.0595. The van der Waals surface area contributed by atoms with E-state index in [1.54, 1.807) is 12.4 Å². The maximum absolute atomic E-state index is 12.3. The second kappa shape index (κ2) is 8.44. The predicted octanol–water partition coefficient (Wildman–Crippen LogP) is 3.41. The highest BCUT2D eigenvalue weighted by Crippen LogP contribution is 2.12. The third kappa shape index (κ3) is 4.89. The summed E-state index contributed by atoms with van der Waals surface area (Å²) in [6.45, 7) is 9.25. The summed E-state index contributed by atoms with van der Waals surface area (Å²) in [5.41, 5.74) is 2.91. The summed E-state index contributed by atoms with van der Waals surface area (Å²) in [5, 5.41) is 3.01. The van der Waals surface area contributed by atoms with Crippen LogP contribution < -0.4 is 5.32 Å². The molecule has 1 N–H and O–H groups in total. The first-order valence-electron chi connectivity index (χ1n) is 8.16. The van der Waals surface area contributed by atoms with Crippen molar-refractivity contribution in [1.82, 2.24) is 15.2 Å². The van der Waals surface area contributed by atoms with Crippen LogP contribution in [0.15, 0.2) is 48.8 Å². The molecule has 1 heterocycles. The van der Waals surface area contributed by atoms with E-state index in [0.29, 0.717) is 5.56 Å². The first-order chi connectivity index (χ1) is 11.1. The molecule has 0 radical (unpaired) electrons. The quantitative estimate of drug-likeness (QED) is 0.852. The lowest BCUT2D eigenvalue weighted by atomic mass is 10.1. The molecule has 0 fully saturated rings. The van der Waals surface area contributed by atoms with E-state index in [4.69, 9.17) is 0 Å². The van der Waals surface area contributed by atoms with Crippen molar-refractivity contribution in [2.24, 2.45) is 0 Å². The predicted molar refractivity (Wildman–Crippen MR) is 93.2 cm³/mol. The number of nitrogens with one attached hydrogen (secondary N) is 1. The number of rotatable bonds is 7. The fourth-order valence-electron chi connectivity index (χ4n) is 2.46. The minimum Gasteiger partial charge on any atom is -0.345 e. The molecule has 0 saturated heterocycles. The number of hydrogen-bond donors (Lipinski definition) is 1. The molecule has 2 aromatic rings. The van der Waals surface area contributed by atoms with Gasteiger partial charge in [-0.3, -0.25) is 14.7 Å². The molecule has 1 amide bonds. The van der Waals surface area contributed by atoms with Gasteiger partial charge in [-0.05, 0) is 49.3 Å². The van der Waals surface area contributed by atoms with Gasteiger partial charge in [-0.2, -0.15) is 0 Å². The van der Waals surface area contributed by atoms with E-state index in [9.17, 15) is 4.79 Å². The zero-order chi connectivity index (χ0) is 16.7. The first-order valence-corrected chi connectivity index (χ1v) is 8.16. The van der Waals surface area contributed by atoms with Crippen LogP contribution in [0.1, 0.15) is 48.3 Å². The number of pyridine rings is 1. The molecule has 1 aromatic heterocycles. The van der Waals surface area contributed by atoms with E-state index in [1.807, 2.05) is 43.3 Å². The van der Waals surface area contributed by atoms with Gasteiger partial charge < -0.3 is 5.32 Å². The molecular weight excluding hydrogens is 286 g/mol. The van der Waals surface area contributed by atoms with Crippen molar-refractivity contribution in [2.45, 2.75) is 33.4 Å². The molecule has 0 aliphatic carbocycles. The molecule has 0 saturated carbocycles. The van der Waals surface area contributed by atoms with Gasteiger partial charge in [0.15, 0.2) is 0 Å². The molecule has 0 spiro atoms. The maximum atomic E-state index is 12.3. The molecular formula is C19H25N3O. The van der Waals surface area contributed by atoms with E-state index in [1.165, 1.54) is 5.56 Å². The molecule has 1 aromatic carbocycles. The molecule has 4 heteroatoms. The lowest BCUT2D eigenvalue weighted by Gasteiger charge is -2.18. The summed E-state index contributed by atoms with van der Waals surface area (Å²) in [7, 11) is 0. The van der Waals surface area contributed by atoms with Crippen LogP contribution in [0, 0.1) is 0 Å². The average Bonchev–Trinajstić information content (AvgIpc) is 2.60. The summed E-state index contributed by atoms with van der Waals surface area (Å²) in [6.07, 6.45) is 3.50. The number of carbonyl (C=O) groups is 1. The Morgan fingerprint density at radius 1 is 1.17 bits per heavy atom. The number of nitrogens with zero attached hydrogens (tertiary/aromatic N) is 2. The van der Waals surface area contributed by atoms with Crippen LogP contribution in [-0.2, 0) is 6.54 Å². The summed E-state index contributed by atoms with van der Waals surface area (Å²) < 4.78 is 0. The fraction of sp³-hybridized carbons (Fsp3) is 0.368. The Morgan fingerprint density at radius 2 is 1.87 bits per heavy atom. The largest absolute Gasteiger partial charge is 0.345 e. The number of carbonyl (C=O) groups excluding carboxylic acids is 1. The van der Waals surface area contributed by atoms with E-state index < -0.39 is 0 Å². The van der Waals surface area contributed by atoms with Gasteiger partial charge in [0.2, 0.25) is 0 Å². The van der Waals surface area contributed by atoms with Crippen LogP contribution in [0.4, 0.5) is 0 Å². The SMILES string of the molecule is CCN(CC)Cc1ccc(C(=O)NC(C)c2cccnc2)cc1. The zero-order valence-electron chi connectivity index (χ0n) is 14.1. The van der Waals surface area contributed by atoms with Crippen LogP contribution in [0.5, 0.6) is 0 Å². The third-order valence-corrected chi connectivity index (χ3v) is 4.05. The number of aromatic nitrogens is 1. The van der Waals surface area contributed by atoms with Crippen molar-refractivity contribution >= 4 is 5.91 Å². The maximum Gasteiger partial charge on any atom is 0.251 e. The Hall–Kier alpha value is -2.20. The lowest BCUT2D eigenvalue weighted by molar-refractivity contribution is 0.0940. The van der Waals surface area contributed by atoms with Crippen LogP contribution >= 0.6 is 0 Å². The van der Waals surface area contributed by atoms with E-state index in [2.05, 4.69) is 29.0 Å². The molecule has 0 bridgehead atoms. The molecule has 0 aliphatic heterocycles. The lowest BCUT2D eigenvalue weighted by Crippen LogP contribution is -2.26. The fourth-order valence-corrected chi connectivity index (χ4v) is 2.46. The Bertz CT molecular complexity index is 606. The Kier molecular flexibility index (Phi) is 6.29. The second-order valence-electron chi connectivity index (χ2n) is 5.64. The summed E-state index contributed by atoms with van der Waals surface area (Å²) >= 11 is 0. The van der Waals surface area contributed by atoms with Gasteiger partial charge in [-0.1, -0.05) is 32.0 Å². The highest BCUT2D eigenvalue weighted by atomic mass is 16.1. The normalized spacial score (nSPS) is 12.2. The van der Waals surface area contributed by atoms with Gasteiger partial charge in [0.25, 0.3) is 5.91 Å². The van der Waals surface area contributed by atoms with E-state index >= 15 is 0 Å². The van der Waals surface area contributed by atoms with E-state index in [0.717, 1.165) is 25.2 Å². The third-order valence-electron chi connectivity index (χ3n) is 4.05. The molecule has 1 unspecified atom stereocenters. The minimum atomic E-state index is -0.0634. The monoisotopic (exact) mass is 311 g/mol. The van der Waals surface area contributed by atoms with Crippen LogP contribution in [0.3, 0.4) is 0 Å². The molecule has 1 atom stereocenters.